The highest BCUT2D eigenvalue weighted by Crippen LogP contribution is 2.33. The summed E-state index contributed by atoms with van der Waals surface area (Å²) in [7, 11) is 0. The molecule has 0 N–H and O–H groups in total. The number of rotatable bonds is 1. The zero-order valence-electron chi connectivity index (χ0n) is 11.2. The van der Waals surface area contributed by atoms with Crippen molar-refractivity contribution in [3.8, 4) is 0 Å². The first-order valence-electron chi connectivity index (χ1n) is 6.78. The first-order chi connectivity index (χ1) is 8.67. The molecular formula is C15H21NO2. The Morgan fingerprint density at radius 2 is 1.50 bits per heavy atom. The van der Waals surface area contributed by atoms with Gasteiger partial charge in [-0.1, -0.05) is 6.07 Å². The van der Waals surface area contributed by atoms with E-state index >= 15 is 0 Å². The Hall–Kier alpha value is -1.06. The largest absolute Gasteiger partial charge is 0.371 e. The Morgan fingerprint density at radius 3 is 2.06 bits per heavy atom. The van der Waals surface area contributed by atoms with E-state index in [1.807, 2.05) is 0 Å². The molecule has 3 nitrogen and oxygen atoms in total. The number of hydrogen-bond acceptors (Lipinski definition) is 3. The Bertz CT molecular complexity index is 408. The predicted octanol–water partition coefficient (Wildman–Crippen LogP) is 2.65. The first-order valence-corrected chi connectivity index (χ1v) is 6.78. The molecule has 1 spiro atoms. The van der Waals surface area contributed by atoms with E-state index < -0.39 is 0 Å². The lowest BCUT2D eigenvalue weighted by Gasteiger charge is -2.38. The number of anilines is 1. The van der Waals surface area contributed by atoms with Gasteiger partial charge in [-0.2, -0.15) is 0 Å². The van der Waals surface area contributed by atoms with Gasteiger partial charge in [-0.05, 0) is 37.1 Å². The second kappa shape index (κ2) is 4.56. The zero-order chi connectivity index (χ0) is 12.6. The Kier molecular flexibility index (Phi) is 3.04. The molecule has 98 valence electrons. The van der Waals surface area contributed by atoms with Gasteiger partial charge in [0, 0.05) is 31.6 Å². The van der Waals surface area contributed by atoms with Crippen LogP contribution in [0.25, 0.3) is 0 Å². The number of nitrogens with zero attached hydrogens (tertiary/aromatic N) is 1. The molecule has 3 heteroatoms. The minimum Gasteiger partial charge on any atom is -0.371 e. The summed E-state index contributed by atoms with van der Waals surface area (Å²) in [6.07, 6.45) is 1.94. The van der Waals surface area contributed by atoms with Crippen molar-refractivity contribution in [3.05, 3.63) is 29.3 Å². The molecule has 2 aliphatic rings. The summed E-state index contributed by atoms with van der Waals surface area (Å²) in [6.45, 7) is 7.86. The lowest BCUT2D eigenvalue weighted by molar-refractivity contribution is -0.169. The highest BCUT2D eigenvalue weighted by Gasteiger charge is 2.39. The Morgan fingerprint density at radius 1 is 0.944 bits per heavy atom. The van der Waals surface area contributed by atoms with Crippen LogP contribution in [0.1, 0.15) is 24.0 Å². The minimum atomic E-state index is -0.268. The van der Waals surface area contributed by atoms with E-state index in [0.717, 1.165) is 39.1 Å². The highest BCUT2D eigenvalue weighted by atomic mass is 16.7. The lowest BCUT2D eigenvalue weighted by Crippen LogP contribution is -2.45. The number of hydrogen-bond donors (Lipinski definition) is 0. The predicted molar refractivity (Wildman–Crippen MR) is 72.0 cm³/mol. The van der Waals surface area contributed by atoms with Crippen molar-refractivity contribution in [1.82, 2.24) is 0 Å². The van der Waals surface area contributed by atoms with Crippen LogP contribution in [-0.4, -0.2) is 32.1 Å². The van der Waals surface area contributed by atoms with Gasteiger partial charge in [0.25, 0.3) is 0 Å². The molecule has 2 saturated heterocycles. The van der Waals surface area contributed by atoms with E-state index in [9.17, 15) is 0 Å². The Balaban J connectivity index is 1.72. The van der Waals surface area contributed by atoms with Crippen LogP contribution in [0.3, 0.4) is 0 Å². The first kappa shape index (κ1) is 12.0. The standard InChI is InChI=1S/C15H21NO2/c1-12-9-13(2)11-14(10-12)16-5-3-15(4-6-16)17-7-8-18-15/h9-11H,3-8H2,1-2H3. The van der Waals surface area contributed by atoms with Crippen LogP contribution in [0.5, 0.6) is 0 Å². The maximum atomic E-state index is 5.76. The molecule has 3 rings (SSSR count). The molecular weight excluding hydrogens is 226 g/mol. The number of piperidine rings is 1. The topological polar surface area (TPSA) is 21.7 Å². The smallest absolute Gasteiger partial charge is 0.171 e. The van der Waals surface area contributed by atoms with Crippen LogP contribution in [-0.2, 0) is 9.47 Å². The summed E-state index contributed by atoms with van der Waals surface area (Å²) in [5, 5.41) is 0. The minimum absolute atomic E-state index is 0.268. The number of ether oxygens (including phenoxy) is 2. The van der Waals surface area contributed by atoms with Gasteiger partial charge in [0.15, 0.2) is 5.79 Å². The average Bonchev–Trinajstić information content (AvgIpc) is 2.77. The zero-order valence-corrected chi connectivity index (χ0v) is 11.2. The van der Waals surface area contributed by atoms with E-state index in [1.165, 1.54) is 16.8 Å². The van der Waals surface area contributed by atoms with Crippen molar-refractivity contribution in [3.63, 3.8) is 0 Å². The molecule has 0 amide bonds. The normalized spacial score (nSPS) is 22.7. The SMILES string of the molecule is Cc1cc(C)cc(N2CCC3(CC2)OCCO3)c1. The average molecular weight is 247 g/mol. The van der Waals surface area contributed by atoms with Gasteiger partial charge in [0.2, 0.25) is 0 Å². The molecule has 0 bridgehead atoms. The van der Waals surface area contributed by atoms with Crippen LogP contribution >= 0.6 is 0 Å². The molecule has 2 aliphatic heterocycles. The van der Waals surface area contributed by atoms with E-state index in [4.69, 9.17) is 9.47 Å². The van der Waals surface area contributed by atoms with Crippen molar-refractivity contribution >= 4 is 5.69 Å². The van der Waals surface area contributed by atoms with E-state index in [0.29, 0.717) is 0 Å². The maximum absolute atomic E-state index is 5.76. The van der Waals surface area contributed by atoms with Gasteiger partial charge in [0.1, 0.15) is 0 Å². The summed E-state index contributed by atoms with van der Waals surface area (Å²) in [5.41, 5.74) is 4.00. The van der Waals surface area contributed by atoms with Gasteiger partial charge >= 0.3 is 0 Å². The molecule has 0 atom stereocenters. The van der Waals surface area contributed by atoms with Gasteiger partial charge < -0.3 is 14.4 Å². The van der Waals surface area contributed by atoms with Crippen molar-refractivity contribution in [2.75, 3.05) is 31.2 Å². The fraction of sp³-hybridized carbons (Fsp3) is 0.600. The summed E-state index contributed by atoms with van der Waals surface area (Å²) in [6, 6.07) is 6.75. The molecule has 0 aliphatic carbocycles. The summed E-state index contributed by atoms with van der Waals surface area (Å²) < 4.78 is 11.5. The monoisotopic (exact) mass is 247 g/mol. The fourth-order valence-corrected chi connectivity index (χ4v) is 3.02. The van der Waals surface area contributed by atoms with Crippen molar-refractivity contribution < 1.29 is 9.47 Å². The molecule has 0 saturated carbocycles. The lowest BCUT2D eigenvalue weighted by atomic mass is 10.0. The number of aryl methyl sites for hydroxylation is 2. The van der Waals surface area contributed by atoms with Crippen molar-refractivity contribution in [1.29, 1.82) is 0 Å². The molecule has 18 heavy (non-hydrogen) atoms. The maximum Gasteiger partial charge on any atom is 0.171 e. The molecule has 0 unspecified atom stereocenters. The van der Waals surface area contributed by atoms with Crippen molar-refractivity contribution in [2.45, 2.75) is 32.5 Å². The molecule has 2 heterocycles. The molecule has 0 radical (unpaired) electrons. The van der Waals surface area contributed by atoms with Crippen LogP contribution < -0.4 is 4.90 Å². The summed E-state index contributed by atoms with van der Waals surface area (Å²) >= 11 is 0. The van der Waals surface area contributed by atoms with E-state index in [2.05, 4.69) is 36.9 Å². The third kappa shape index (κ3) is 2.25. The number of benzene rings is 1. The summed E-state index contributed by atoms with van der Waals surface area (Å²) in [5.74, 6) is -0.268. The van der Waals surface area contributed by atoms with Crippen LogP contribution in [0.4, 0.5) is 5.69 Å². The van der Waals surface area contributed by atoms with Crippen LogP contribution in [0.15, 0.2) is 18.2 Å². The molecule has 0 aromatic heterocycles. The second-order valence-corrected chi connectivity index (χ2v) is 5.44. The van der Waals surface area contributed by atoms with Crippen molar-refractivity contribution in [2.24, 2.45) is 0 Å². The van der Waals surface area contributed by atoms with Gasteiger partial charge in [0.05, 0.1) is 13.2 Å². The van der Waals surface area contributed by atoms with Gasteiger partial charge in [-0.3, -0.25) is 0 Å². The third-order valence-electron chi connectivity index (χ3n) is 3.91. The van der Waals surface area contributed by atoms with E-state index in [-0.39, 0.29) is 5.79 Å². The quantitative estimate of drug-likeness (QED) is 0.761. The van der Waals surface area contributed by atoms with Gasteiger partial charge in [-0.15, -0.1) is 0 Å². The molecule has 2 fully saturated rings. The van der Waals surface area contributed by atoms with Gasteiger partial charge in [-0.25, -0.2) is 0 Å². The Labute approximate surface area is 109 Å². The van der Waals surface area contributed by atoms with Crippen LogP contribution in [0.2, 0.25) is 0 Å². The van der Waals surface area contributed by atoms with Crippen LogP contribution in [0, 0.1) is 13.8 Å². The second-order valence-electron chi connectivity index (χ2n) is 5.44. The summed E-state index contributed by atoms with van der Waals surface area (Å²) in [4.78, 5) is 2.44. The highest BCUT2D eigenvalue weighted by molar-refractivity contribution is 5.51. The van der Waals surface area contributed by atoms with E-state index in [1.54, 1.807) is 0 Å². The fourth-order valence-electron chi connectivity index (χ4n) is 3.02. The molecule has 1 aromatic rings. The third-order valence-corrected chi connectivity index (χ3v) is 3.91. The molecule has 1 aromatic carbocycles.